The van der Waals surface area contributed by atoms with Crippen molar-refractivity contribution in [1.29, 1.82) is 0 Å². The maximum absolute atomic E-state index is 18.5. The SMILES string of the molecule is Fc1c(F)c(F)c(-c2c(F)c(F)c([B-](c3c(F)c(F)c(-c4c(F)c(F)c(F)c(F)c4F)c(F)c3F)(c3c(F)c(F)c(-c4c(F)c(F)c(F)c(F)c4F)c(F)c3F)c3c(F)c(F)c(-c4c(F)c(F)c(-c5cc(-c6cc7c(c8ccccc68)CC7)cc(-c6cc7c(c8ccccc68)CC7)c5)c(F)c4F)c(F)c3F)c(F)c2F)c(F)c1F. The minimum absolute atomic E-state index is 0.0365. The van der Waals surface area contributed by atoms with Crippen molar-refractivity contribution in [3.8, 4) is 77.9 Å². The molecule has 0 saturated heterocycles. The molecule has 0 unspecified atom stereocenters. The third kappa shape index (κ3) is 10.3. The van der Waals surface area contributed by atoms with Crippen molar-refractivity contribution >= 4 is 49.5 Å². The van der Waals surface area contributed by atoms with Gasteiger partial charge >= 0.3 is 0 Å². The lowest BCUT2D eigenvalue weighted by Crippen LogP contribution is -2.81. The zero-order valence-corrected chi connectivity index (χ0v) is 54.6. The largest absolute Gasteiger partial charge is 0.207 e. The minimum Gasteiger partial charge on any atom is -0.207 e. The Bertz CT molecular complexity index is 5950. The highest BCUT2D eigenvalue weighted by Crippen LogP contribution is 2.49. The summed E-state index contributed by atoms with van der Waals surface area (Å²) in [5.41, 5.74) is -44.9. The lowest BCUT2D eigenvalue weighted by atomic mass is 9.12. The van der Waals surface area contributed by atoms with E-state index < -0.39 is 287 Å². The number of hydrogen-bond acceptors (Lipinski definition) is 0. The highest BCUT2D eigenvalue weighted by Gasteiger charge is 2.54. The topological polar surface area (TPSA) is 0 Å². The molecule has 114 heavy (non-hydrogen) atoms. The molecule has 0 nitrogen and oxygen atoms in total. The van der Waals surface area contributed by atoms with E-state index in [1.807, 2.05) is 0 Å². The quantitative estimate of drug-likeness (QED) is 0.0524. The normalized spacial score (nSPS) is 12.7. The van der Waals surface area contributed by atoms with E-state index in [1.165, 1.54) is 6.07 Å². The minimum atomic E-state index is -8.63. The third-order valence-electron chi connectivity index (χ3n) is 20.4. The molecule has 0 bridgehead atoms. The second-order valence-corrected chi connectivity index (χ2v) is 25.9. The van der Waals surface area contributed by atoms with E-state index in [0.29, 0.717) is 58.4 Å². The fourth-order valence-corrected chi connectivity index (χ4v) is 15.2. The van der Waals surface area contributed by atoms with Crippen molar-refractivity contribution in [2.24, 2.45) is 0 Å². The molecule has 0 atom stereocenters. The number of benzene rings is 13. The van der Waals surface area contributed by atoms with Crippen LogP contribution < -0.4 is 21.9 Å². The second kappa shape index (κ2) is 26.8. The Hall–Kier alpha value is -12.0. The van der Waals surface area contributed by atoms with Crippen LogP contribution in [0.1, 0.15) is 22.3 Å². The van der Waals surface area contributed by atoms with Gasteiger partial charge in [0.1, 0.15) is 52.7 Å². The number of hydrogen-bond donors (Lipinski definition) is 0. The third-order valence-corrected chi connectivity index (χ3v) is 20.4. The van der Waals surface area contributed by atoms with Gasteiger partial charge in [0.15, 0.2) is 140 Å². The Kier molecular flexibility index (Phi) is 18.2. The molecule has 0 saturated carbocycles. The Morgan fingerprint density at radius 1 is 0.167 bits per heavy atom. The van der Waals surface area contributed by atoms with Gasteiger partial charge in [-0.2, -0.15) is 0 Å². The first-order valence-corrected chi connectivity index (χ1v) is 32.0. The number of halogens is 35. The van der Waals surface area contributed by atoms with Gasteiger partial charge in [-0.25, -0.2) is 154 Å². The Morgan fingerprint density at radius 3 is 0.553 bits per heavy atom. The monoisotopic (exact) mass is 1630 g/mol. The molecule has 582 valence electrons. The predicted molar refractivity (Wildman–Crippen MR) is 336 cm³/mol. The lowest BCUT2D eigenvalue weighted by Gasteiger charge is -2.45. The van der Waals surface area contributed by atoms with Crippen LogP contribution in [-0.2, 0) is 25.7 Å². The van der Waals surface area contributed by atoms with E-state index in [4.69, 9.17) is 0 Å². The molecule has 0 spiro atoms. The molecule has 2 aliphatic rings. The molecular weight excluding hydrogens is 1610 g/mol. The molecule has 0 N–H and O–H groups in total. The van der Waals surface area contributed by atoms with Crippen LogP contribution in [0, 0.1) is 204 Å². The fraction of sp³-hybridized carbons (Fsp3) is 0.0513. The van der Waals surface area contributed by atoms with Crippen LogP contribution in [0.4, 0.5) is 154 Å². The smallest absolute Gasteiger partial charge is 0.200 e. The molecule has 0 radical (unpaired) electrons. The van der Waals surface area contributed by atoms with Crippen LogP contribution in [0.15, 0.2) is 78.9 Å². The average molecular weight is 1630 g/mol. The van der Waals surface area contributed by atoms with Crippen molar-refractivity contribution in [2.75, 3.05) is 0 Å². The Morgan fingerprint density at radius 2 is 0.342 bits per heavy atom. The fourth-order valence-electron chi connectivity index (χ4n) is 15.2. The molecule has 2 aliphatic carbocycles. The van der Waals surface area contributed by atoms with E-state index in [1.54, 1.807) is 60.7 Å². The zero-order chi connectivity index (χ0) is 82.7. The zero-order valence-electron chi connectivity index (χ0n) is 54.6. The molecule has 0 heterocycles. The van der Waals surface area contributed by atoms with Gasteiger partial charge in [0.25, 0.3) is 0 Å². The van der Waals surface area contributed by atoms with Gasteiger partial charge in [-0.3, -0.25) is 0 Å². The van der Waals surface area contributed by atoms with Crippen LogP contribution in [0.25, 0.3) is 99.4 Å². The summed E-state index contributed by atoms with van der Waals surface area (Å²) in [6, 6.07) is 19.4. The van der Waals surface area contributed by atoms with Gasteiger partial charge in [0.05, 0.1) is 50.1 Å². The highest BCUT2D eigenvalue weighted by atomic mass is 19.2. The number of aryl methyl sites for hydroxylation is 4. The van der Waals surface area contributed by atoms with E-state index in [-0.39, 0.29) is 22.3 Å². The molecule has 13 aromatic rings. The van der Waals surface area contributed by atoms with Crippen LogP contribution in [0.2, 0.25) is 0 Å². The molecule has 13 aromatic carbocycles. The number of rotatable bonds is 11. The van der Waals surface area contributed by atoms with E-state index in [9.17, 15) is 39.5 Å². The van der Waals surface area contributed by atoms with Gasteiger partial charge in [0.2, 0.25) is 17.5 Å². The summed E-state index contributed by atoms with van der Waals surface area (Å²) >= 11 is 0. The lowest BCUT2D eigenvalue weighted by molar-refractivity contribution is 0.379. The maximum Gasteiger partial charge on any atom is 0.200 e. The van der Waals surface area contributed by atoms with Gasteiger partial charge in [0, 0.05) is 0 Å². The second-order valence-electron chi connectivity index (χ2n) is 25.9. The van der Waals surface area contributed by atoms with Gasteiger partial charge in [-0.15, -0.1) is 21.9 Å². The molecule has 0 amide bonds. The highest BCUT2D eigenvalue weighted by molar-refractivity contribution is 7.20. The van der Waals surface area contributed by atoms with Crippen LogP contribution >= 0.6 is 0 Å². The van der Waals surface area contributed by atoms with Crippen molar-refractivity contribution in [3.63, 3.8) is 0 Å². The van der Waals surface area contributed by atoms with Gasteiger partial charge in [-0.05, 0) is 115 Å². The molecule has 0 aromatic heterocycles. The molecule has 15 rings (SSSR count). The summed E-state index contributed by atoms with van der Waals surface area (Å²) in [7, 11) is 0. The van der Waals surface area contributed by atoms with Gasteiger partial charge < -0.3 is 0 Å². The standard InChI is InChI=1S/C78H21BF35/c80-44-31(22-14-20(29-16-18-9-11-23(18)25-5-1-3-7-27(25)29)13-21(15-22)30-17-19-10-12-24(19)26-6-2-4-8-28(26)30)45(81)47(83)32(46(44)82)33-48(84)62(98)40(63(99)49(33)85)79(41-64(100)50(86)34(51(87)65(41)101)37-56(92)70(106)76(112)71(107)57(37)93,42-66(102)52(88)35(53(89)67(42)103)38-58(94)72(108)77(113)73(109)59(38)95)43-68(104)54(90)36(55(91)69(43)105)39-60(96)74(110)78(114)75(111)61(39)97/h1-8,13-17H,9-12H2/q-1. The Balaban J connectivity index is 1.09. The van der Waals surface area contributed by atoms with Crippen molar-refractivity contribution in [1.82, 2.24) is 0 Å². The van der Waals surface area contributed by atoms with E-state index >= 15 is 114 Å². The summed E-state index contributed by atoms with van der Waals surface area (Å²) in [6.45, 7) is 0. The predicted octanol–water partition coefficient (Wildman–Crippen LogP) is 22.1. The first kappa shape index (κ1) is 77.3. The van der Waals surface area contributed by atoms with Crippen molar-refractivity contribution < 1.29 is 154 Å². The first-order chi connectivity index (χ1) is 53.7. The summed E-state index contributed by atoms with van der Waals surface area (Å²) < 4.78 is 580. The molecular formula is C78H21BF35-. The van der Waals surface area contributed by atoms with E-state index in [2.05, 4.69) is 0 Å². The summed E-state index contributed by atoms with van der Waals surface area (Å²) in [5.74, 6) is -136. The summed E-state index contributed by atoms with van der Waals surface area (Å²) in [6.07, 6.45) is -6.64. The van der Waals surface area contributed by atoms with Gasteiger partial charge in [-0.1, -0.05) is 60.7 Å². The number of fused-ring (bicyclic) bond motifs is 6. The maximum atomic E-state index is 18.5. The van der Waals surface area contributed by atoms with Crippen molar-refractivity contribution in [3.05, 3.63) is 305 Å². The molecule has 0 aliphatic heterocycles. The van der Waals surface area contributed by atoms with Crippen LogP contribution in [-0.4, -0.2) is 6.15 Å². The summed E-state index contributed by atoms with van der Waals surface area (Å²) in [5, 5.41) is 2.11. The van der Waals surface area contributed by atoms with Crippen LogP contribution in [0.5, 0.6) is 0 Å². The Labute approximate surface area is 609 Å². The average Bonchev–Trinajstić information content (AvgIpc) is 0.671. The van der Waals surface area contributed by atoms with Crippen molar-refractivity contribution in [2.45, 2.75) is 25.7 Å². The van der Waals surface area contributed by atoms with E-state index in [0.717, 1.165) is 23.3 Å². The summed E-state index contributed by atoms with van der Waals surface area (Å²) in [4.78, 5) is 0. The van der Waals surface area contributed by atoms with Crippen LogP contribution in [0.3, 0.4) is 0 Å². The molecule has 36 heteroatoms. The molecule has 0 fully saturated rings. The first-order valence-electron chi connectivity index (χ1n) is 32.0.